The van der Waals surface area contributed by atoms with E-state index < -0.39 is 0 Å². The van der Waals surface area contributed by atoms with Crippen LogP contribution in [0.2, 0.25) is 0 Å². The summed E-state index contributed by atoms with van der Waals surface area (Å²) in [4.78, 5) is 0. The molecule has 0 aromatic carbocycles. The average Bonchev–Trinajstić information content (AvgIpc) is 2.71. The first-order valence-electron chi connectivity index (χ1n) is 8.74. The van der Waals surface area contributed by atoms with Crippen molar-refractivity contribution in [1.29, 1.82) is 0 Å². The van der Waals surface area contributed by atoms with Gasteiger partial charge in [-0.25, -0.2) is 0 Å². The Bertz CT molecular complexity index is 510. The van der Waals surface area contributed by atoms with Crippen LogP contribution in [0.25, 0.3) is 11.1 Å². The number of rotatable bonds is 8. The highest BCUT2D eigenvalue weighted by molar-refractivity contribution is 5.71. The highest BCUT2D eigenvalue weighted by atomic mass is 14.1. The van der Waals surface area contributed by atoms with Crippen molar-refractivity contribution in [3.05, 3.63) is 47.5 Å². The summed E-state index contributed by atoms with van der Waals surface area (Å²) in [5, 5.41) is 0. The molecule has 2 aliphatic carbocycles. The number of aryl methyl sites for hydroxylation is 1. The van der Waals surface area contributed by atoms with Crippen molar-refractivity contribution in [2.75, 3.05) is 0 Å². The van der Waals surface area contributed by atoms with Crippen molar-refractivity contribution in [3.63, 3.8) is 0 Å². The van der Waals surface area contributed by atoms with Gasteiger partial charge in [-0.2, -0.15) is 0 Å². The van der Waals surface area contributed by atoms with Crippen molar-refractivity contribution < 1.29 is 0 Å². The van der Waals surface area contributed by atoms with E-state index in [2.05, 4.69) is 57.2 Å². The van der Waals surface area contributed by atoms with Gasteiger partial charge in [-0.05, 0) is 41.0 Å². The molecule has 0 bridgehead atoms. The molecule has 0 amide bonds. The maximum absolute atomic E-state index is 2.37. The Balaban J connectivity index is 1.94. The van der Waals surface area contributed by atoms with Crippen LogP contribution >= 0.6 is 0 Å². The zero-order valence-corrected chi connectivity index (χ0v) is 14.0. The lowest BCUT2D eigenvalue weighted by Crippen LogP contribution is -1.86. The molecule has 0 aliphatic heterocycles. The van der Waals surface area contributed by atoms with Gasteiger partial charge in [-0.3, -0.25) is 0 Å². The third-order valence-electron chi connectivity index (χ3n) is 4.46. The smallest absolute Gasteiger partial charge is 0.0152 e. The average molecular weight is 282 g/mol. The monoisotopic (exact) mass is 282 g/mol. The van der Waals surface area contributed by atoms with Crippen LogP contribution in [0, 0.1) is 0 Å². The van der Waals surface area contributed by atoms with Crippen LogP contribution in [0.1, 0.15) is 76.3 Å². The van der Waals surface area contributed by atoms with E-state index in [0.717, 1.165) is 0 Å². The van der Waals surface area contributed by atoms with Gasteiger partial charge in [0, 0.05) is 0 Å². The first-order chi connectivity index (χ1) is 10.2. The van der Waals surface area contributed by atoms with E-state index >= 15 is 0 Å². The normalized spacial score (nSPS) is 11.4. The van der Waals surface area contributed by atoms with Gasteiger partial charge in [0.15, 0.2) is 0 Å². The van der Waals surface area contributed by atoms with Gasteiger partial charge >= 0.3 is 0 Å². The molecule has 0 nitrogen and oxygen atoms in total. The quantitative estimate of drug-likeness (QED) is 0.466. The molecule has 0 spiro atoms. The summed E-state index contributed by atoms with van der Waals surface area (Å²) < 4.78 is 0. The second-order valence-electron chi connectivity index (χ2n) is 6.57. The summed E-state index contributed by atoms with van der Waals surface area (Å²) in [7, 11) is 0. The summed E-state index contributed by atoms with van der Waals surface area (Å²) in [5.41, 5.74) is 5.83. The predicted molar refractivity (Wildman–Crippen MR) is 94.2 cm³/mol. The lowest BCUT2D eigenvalue weighted by Gasteiger charge is -2.04. The van der Waals surface area contributed by atoms with E-state index in [0.29, 0.717) is 5.92 Å². The maximum atomic E-state index is 2.37. The Labute approximate surface area is 130 Å². The molecule has 0 saturated carbocycles. The van der Waals surface area contributed by atoms with Gasteiger partial charge in [-0.15, -0.1) is 0 Å². The fourth-order valence-corrected chi connectivity index (χ4v) is 3.04. The topological polar surface area (TPSA) is 0 Å². The summed E-state index contributed by atoms with van der Waals surface area (Å²) in [6.07, 6.45) is 9.48. The highest BCUT2D eigenvalue weighted by Crippen LogP contribution is 2.30. The molecule has 0 atom stereocenters. The number of hydrogen-bond acceptors (Lipinski definition) is 0. The summed E-state index contributed by atoms with van der Waals surface area (Å²) in [5.74, 6) is 0.595. The van der Waals surface area contributed by atoms with Crippen LogP contribution in [-0.4, -0.2) is 0 Å². The zero-order valence-electron chi connectivity index (χ0n) is 14.0. The van der Waals surface area contributed by atoms with Crippen molar-refractivity contribution in [2.24, 2.45) is 0 Å². The Morgan fingerprint density at radius 1 is 0.857 bits per heavy atom. The van der Waals surface area contributed by atoms with E-state index in [9.17, 15) is 0 Å². The molecule has 0 radical (unpaired) electrons. The van der Waals surface area contributed by atoms with Crippen LogP contribution < -0.4 is 0 Å². The molecule has 0 heterocycles. The molecule has 21 heavy (non-hydrogen) atoms. The van der Waals surface area contributed by atoms with Crippen molar-refractivity contribution >= 4 is 0 Å². The lowest BCUT2D eigenvalue weighted by atomic mass is 10.0. The molecule has 0 heteroatoms. The van der Waals surface area contributed by atoms with Gasteiger partial charge in [0.05, 0.1) is 0 Å². The molecule has 2 aliphatic rings. The summed E-state index contributed by atoms with van der Waals surface area (Å²) in [6.45, 7) is 6.81. The van der Waals surface area contributed by atoms with Crippen LogP contribution in [0.4, 0.5) is 0 Å². The first-order valence-corrected chi connectivity index (χ1v) is 8.74. The molecular weight excluding hydrogens is 252 g/mol. The van der Waals surface area contributed by atoms with Gasteiger partial charge in [0.2, 0.25) is 0 Å². The first kappa shape index (κ1) is 16.1. The summed E-state index contributed by atoms with van der Waals surface area (Å²) >= 11 is 0. The molecule has 0 aromatic heterocycles. The van der Waals surface area contributed by atoms with Gasteiger partial charge in [0.1, 0.15) is 0 Å². The van der Waals surface area contributed by atoms with Crippen molar-refractivity contribution in [1.82, 2.24) is 0 Å². The molecular formula is C21H30. The van der Waals surface area contributed by atoms with Crippen molar-refractivity contribution in [3.8, 4) is 11.1 Å². The minimum absolute atomic E-state index is 0.595. The third-order valence-corrected chi connectivity index (χ3v) is 4.46. The Hall–Kier alpha value is -1.30. The molecule has 0 aromatic rings. The van der Waals surface area contributed by atoms with Gasteiger partial charge < -0.3 is 0 Å². The summed E-state index contributed by atoms with van der Waals surface area (Å²) in [6, 6.07) is 13.8. The molecule has 0 unspecified atom stereocenters. The highest BCUT2D eigenvalue weighted by Gasteiger charge is 2.09. The third kappa shape index (κ3) is 4.59. The number of fused-ring (bicyclic) bond motifs is 1. The van der Waals surface area contributed by atoms with E-state index in [1.54, 1.807) is 0 Å². The van der Waals surface area contributed by atoms with E-state index in [1.807, 2.05) is 0 Å². The largest absolute Gasteiger partial charge is 0.0654 e. The van der Waals surface area contributed by atoms with Crippen LogP contribution in [0.5, 0.6) is 0 Å². The van der Waals surface area contributed by atoms with E-state index in [-0.39, 0.29) is 0 Å². The van der Waals surface area contributed by atoms with Gasteiger partial charge in [0.25, 0.3) is 0 Å². The zero-order chi connectivity index (χ0) is 15.1. The van der Waals surface area contributed by atoms with Crippen LogP contribution in [0.15, 0.2) is 36.4 Å². The Kier molecular flexibility index (Phi) is 6.29. The standard InChI is InChI=1S/C21H30/c1-4-5-6-7-8-9-11-18-14-15-20-16-19(17(2)3)12-10-13-21(18)20/h10,12-17H,4-9,11H2,1-3H3. The molecule has 114 valence electrons. The maximum Gasteiger partial charge on any atom is -0.0152 e. The molecule has 0 N–H and O–H groups in total. The van der Waals surface area contributed by atoms with Crippen LogP contribution in [-0.2, 0) is 6.42 Å². The second kappa shape index (κ2) is 8.22. The number of unbranched alkanes of at least 4 members (excludes halogenated alkanes) is 5. The fraction of sp³-hybridized carbons (Fsp3) is 0.524. The predicted octanol–water partition coefficient (Wildman–Crippen LogP) is 6.82. The van der Waals surface area contributed by atoms with E-state index in [4.69, 9.17) is 0 Å². The van der Waals surface area contributed by atoms with Crippen molar-refractivity contribution in [2.45, 2.75) is 71.6 Å². The molecule has 2 rings (SSSR count). The molecule has 0 saturated heterocycles. The minimum atomic E-state index is 0.595. The number of hydrogen-bond donors (Lipinski definition) is 0. The van der Waals surface area contributed by atoms with E-state index in [1.165, 1.54) is 67.2 Å². The minimum Gasteiger partial charge on any atom is -0.0654 e. The molecule has 0 fully saturated rings. The Morgan fingerprint density at radius 2 is 1.62 bits per heavy atom. The van der Waals surface area contributed by atoms with Crippen LogP contribution in [0.3, 0.4) is 0 Å². The SMILES string of the molecule is CCCCCCCCc1ccc2cc(C(C)C)cccc1-2. The second-order valence-corrected chi connectivity index (χ2v) is 6.57. The van der Waals surface area contributed by atoms with Gasteiger partial charge in [-0.1, -0.05) is 89.3 Å². The Morgan fingerprint density at radius 3 is 2.38 bits per heavy atom. The fourth-order valence-electron chi connectivity index (χ4n) is 3.04. The lowest BCUT2D eigenvalue weighted by molar-refractivity contribution is 0.608.